The summed E-state index contributed by atoms with van der Waals surface area (Å²) in [6, 6.07) is 11.1. The molecule has 1 aromatic heterocycles. The fraction of sp³-hybridized carbons (Fsp3) is 0.304. The van der Waals surface area contributed by atoms with Crippen LogP contribution in [0.2, 0.25) is 0 Å². The monoisotopic (exact) mass is 395 g/mol. The van der Waals surface area contributed by atoms with E-state index in [1.165, 1.54) is 31.6 Å². The summed E-state index contributed by atoms with van der Waals surface area (Å²) in [7, 11) is 1.47. The normalized spacial score (nSPS) is 17.4. The number of likely N-dealkylation sites (tertiary alicyclic amines) is 1. The van der Waals surface area contributed by atoms with Crippen molar-refractivity contribution in [3.05, 3.63) is 75.9 Å². The molecule has 150 valence electrons. The van der Waals surface area contributed by atoms with E-state index in [0.717, 1.165) is 19.4 Å². The van der Waals surface area contributed by atoms with Gasteiger partial charge in [-0.25, -0.2) is 4.39 Å². The van der Waals surface area contributed by atoms with Crippen molar-refractivity contribution in [2.24, 2.45) is 5.92 Å². The maximum atomic E-state index is 13.7. The number of hydrogen-bond donors (Lipinski definition) is 0. The second kappa shape index (κ2) is 8.17. The average Bonchev–Trinajstić information content (AvgIpc) is 2.75. The van der Waals surface area contributed by atoms with E-state index in [1.807, 2.05) is 12.1 Å². The van der Waals surface area contributed by atoms with Gasteiger partial charge in [-0.15, -0.1) is 0 Å². The van der Waals surface area contributed by atoms with Crippen molar-refractivity contribution < 1.29 is 18.3 Å². The number of rotatable bonds is 5. The van der Waals surface area contributed by atoms with Crippen LogP contribution in [-0.2, 0) is 6.54 Å². The molecule has 2 heterocycles. The van der Waals surface area contributed by atoms with Gasteiger partial charge < -0.3 is 9.15 Å². The van der Waals surface area contributed by atoms with Gasteiger partial charge in [-0.3, -0.25) is 14.5 Å². The molecular formula is C23H22FNO4. The van der Waals surface area contributed by atoms with E-state index in [0.29, 0.717) is 35.4 Å². The van der Waals surface area contributed by atoms with Gasteiger partial charge in [0.1, 0.15) is 17.1 Å². The first kappa shape index (κ1) is 19.3. The molecule has 0 spiro atoms. The lowest BCUT2D eigenvalue weighted by atomic mass is 9.89. The van der Waals surface area contributed by atoms with Crippen LogP contribution in [0.4, 0.5) is 4.39 Å². The van der Waals surface area contributed by atoms with Gasteiger partial charge in [0, 0.05) is 24.6 Å². The second-order valence-corrected chi connectivity index (χ2v) is 7.37. The standard InChI is InChI=1S/C23H22FNO4/c1-28-20-9-8-17(24)11-19(20)22(26)15-5-4-10-25(12-15)13-16-14-29-21-7-3-2-6-18(21)23(16)27/h2-3,6-9,11,14-15H,4-5,10,12-13H2,1H3/t15-/m1/s1. The molecule has 0 aliphatic carbocycles. The Kier molecular flexibility index (Phi) is 5.45. The Morgan fingerprint density at radius 2 is 2.10 bits per heavy atom. The van der Waals surface area contributed by atoms with E-state index >= 15 is 0 Å². The number of fused-ring (bicyclic) bond motifs is 1. The van der Waals surface area contributed by atoms with E-state index in [1.54, 1.807) is 12.1 Å². The van der Waals surface area contributed by atoms with Gasteiger partial charge in [-0.1, -0.05) is 12.1 Å². The molecule has 4 rings (SSSR count). The SMILES string of the molecule is COc1ccc(F)cc1C(=O)[C@@H]1CCCN(Cc2coc3ccccc3c2=O)C1. The number of para-hydroxylation sites is 1. The second-order valence-electron chi connectivity index (χ2n) is 7.37. The highest BCUT2D eigenvalue weighted by Gasteiger charge is 2.29. The Balaban J connectivity index is 1.53. The van der Waals surface area contributed by atoms with Gasteiger partial charge in [0.25, 0.3) is 0 Å². The number of ether oxygens (including phenoxy) is 1. The van der Waals surface area contributed by atoms with Crippen molar-refractivity contribution in [1.82, 2.24) is 4.90 Å². The minimum absolute atomic E-state index is 0.0490. The zero-order chi connectivity index (χ0) is 20.4. The molecule has 0 unspecified atom stereocenters. The van der Waals surface area contributed by atoms with Crippen LogP contribution < -0.4 is 10.2 Å². The minimum Gasteiger partial charge on any atom is -0.496 e. The van der Waals surface area contributed by atoms with Crippen LogP contribution in [0.1, 0.15) is 28.8 Å². The Hall–Kier alpha value is -2.99. The molecule has 29 heavy (non-hydrogen) atoms. The van der Waals surface area contributed by atoms with Crippen molar-refractivity contribution in [3.8, 4) is 5.75 Å². The first-order chi connectivity index (χ1) is 14.1. The number of nitrogens with zero attached hydrogens (tertiary/aromatic N) is 1. The number of halogens is 1. The first-order valence-electron chi connectivity index (χ1n) is 9.66. The summed E-state index contributed by atoms with van der Waals surface area (Å²) in [5.41, 5.74) is 1.35. The van der Waals surface area contributed by atoms with Gasteiger partial charge in [0.2, 0.25) is 0 Å². The highest BCUT2D eigenvalue weighted by atomic mass is 19.1. The van der Waals surface area contributed by atoms with Crippen LogP contribution in [0.15, 0.2) is 57.9 Å². The molecule has 6 heteroatoms. The van der Waals surface area contributed by atoms with Crippen LogP contribution >= 0.6 is 0 Å². The number of benzene rings is 2. The fourth-order valence-electron chi connectivity index (χ4n) is 3.97. The Morgan fingerprint density at radius 3 is 2.93 bits per heavy atom. The van der Waals surface area contributed by atoms with Crippen LogP contribution in [-0.4, -0.2) is 30.9 Å². The molecule has 0 saturated carbocycles. The first-order valence-corrected chi connectivity index (χ1v) is 9.66. The molecule has 1 saturated heterocycles. The third-order valence-corrected chi connectivity index (χ3v) is 5.45. The maximum Gasteiger partial charge on any atom is 0.197 e. The van der Waals surface area contributed by atoms with Crippen molar-refractivity contribution in [3.63, 3.8) is 0 Å². The number of piperidine rings is 1. The molecule has 1 atom stereocenters. The number of ketones is 1. The van der Waals surface area contributed by atoms with E-state index in [9.17, 15) is 14.0 Å². The smallest absolute Gasteiger partial charge is 0.197 e. The van der Waals surface area contributed by atoms with Gasteiger partial charge in [-0.2, -0.15) is 0 Å². The lowest BCUT2D eigenvalue weighted by Crippen LogP contribution is -2.39. The Morgan fingerprint density at radius 1 is 1.28 bits per heavy atom. The fourth-order valence-corrected chi connectivity index (χ4v) is 3.97. The van der Waals surface area contributed by atoms with Crippen molar-refractivity contribution >= 4 is 16.8 Å². The molecule has 5 nitrogen and oxygen atoms in total. The van der Waals surface area contributed by atoms with Crippen molar-refractivity contribution in [2.45, 2.75) is 19.4 Å². The van der Waals surface area contributed by atoms with Crippen LogP contribution in [0.25, 0.3) is 11.0 Å². The molecule has 1 fully saturated rings. The predicted octanol–water partition coefficient (Wildman–Crippen LogP) is 4.04. The lowest BCUT2D eigenvalue weighted by molar-refractivity contribution is 0.0807. The third-order valence-electron chi connectivity index (χ3n) is 5.45. The van der Waals surface area contributed by atoms with E-state index in [4.69, 9.17) is 9.15 Å². The number of methoxy groups -OCH3 is 1. The predicted molar refractivity (Wildman–Crippen MR) is 108 cm³/mol. The average molecular weight is 395 g/mol. The molecule has 2 aromatic carbocycles. The van der Waals surface area contributed by atoms with E-state index < -0.39 is 5.82 Å². The summed E-state index contributed by atoms with van der Waals surface area (Å²) >= 11 is 0. The number of carbonyl (C=O) groups is 1. The Bertz CT molecular complexity index is 1110. The maximum absolute atomic E-state index is 13.7. The molecule has 1 aliphatic heterocycles. The largest absolute Gasteiger partial charge is 0.496 e. The molecule has 0 N–H and O–H groups in total. The van der Waals surface area contributed by atoms with Crippen LogP contribution in [0.3, 0.4) is 0 Å². The highest BCUT2D eigenvalue weighted by molar-refractivity contribution is 6.00. The summed E-state index contributed by atoms with van der Waals surface area (Å²) in [4.78, 5) is 27.8. The molecule has 1 aliphatic rings. The molecule has 0 amide bonds. The summed E-state index contributed by atoms with van der Waals surface area (Å²) in [6.45, 7) is 1.71. The van der Waals surface area contributed by atoms with Gasteiger partial charge >= 0.3 is 0 Å². The summed E-state index contributed by atoms with van der Waals surface area (Å²) in [5.74, 6) is -0.483. The van der Waals surface area contributed by atoms with Crippen molar-refractivity contribution in [1.29, 1.82) is 0 Å². The molecule has 0 bridgehead atoms. The number of hydrogen-bond acceptors (Lipinski definition) is 5. The number of Topliss-reactive ketones (excluding diaryl/α,β-unsaturated/α-hetero) is 1. The van der Waals surface area contributed by atoms with Crippen LogP contribution in [0, 0.1) is 11.7 Å². The topological polar surface area (TPSA) is 59.8 Å². The van der Waals surface area contributed by atoms with Crippen LogP contribution in [0.5, 0.6) is 5.75 Å². The van der Waals surface area contributed by atoms with Crippen molar-refractivity contribution in [2.75, 3.05) is 20.2 Å². The summed E-state index contributed by atoms with van der Waals surface area (Å²) in [6.07, 6.45) is 3.06. The van der Waals surface area contributed by atoms with Gasteiger partial charge in [-0.05, 0) is 49.7 Å². The van der Waals surface area contributed by atoms with E-state index in [-0.39, 0.29) is 22.7 Å². The van der Waals surface area contributed by atoms with Gasteiger partial charge in [0.05, 0.1) is 24.3 Å². The number of carbonyl (C=O) groups excluding carboxylic acids is 1. The molecule has 0 radical (unpaired) electrons. The lowest BCUT2D eigenvalue weighted by Gasteiger charge is -2.32. The Labute approximate surface area is 167 Å². The molecular weight excluding hydrogens is 373 g/mol. The zero-order valence-electron chi connectivity index (χ0n) is 16.2. The van der Waals surface area contributed by atoms with E-state index in [2.05, 4.69) is 4.90 Å². The quantitative estimate of drug-likeness (QED) is 0.611. The molecule has 3 aromatic rings. The minimum atomic E-state index is -0.462. The third kappa shape index (κ3) is 3.93. The zero-order valence-corrected chi connectivity index (χ0v) is 16.2. The summed E-state index contributed by atoms with van der Waals surface area (Å²) < 4.78 is 24.5. The highest BCUT2D eigenvalue weighted by Crippen LogP contribution is 2.27. The summed E-state index contributed by atoms with van der Waals surface area (Å²) in [5, 5.41) is 0.555. The van der Waals surface area contributed by atoms with Gasteiger partial charge in [0.15, 0.2) is 11.2 Å².